The van der Waals surface area contributed by atoms with Crippen molar-refractivity contribution in [2.45, 2.75) is 20.3 Å². The minimum atomic E-state index is 0.191. The van der Waals surface area contributed by atoms with Crippen LogP contribution in [0, 0.1) is 0 Å². The molecule has 0 bridgehead atoms. The molecule has 0 radical (unpaired) electrons. The molecule has 5 heteroatoms. The molecule has 3 nitrogen and oxygen atoms in total. The molecule has 0 aliphatic heterocycles. The lowest BCUT2D eigenvalue weighted by Crippen LogP contribution is -2.25. The third-order valence-electron chi connectivity index (χ3n) is 1.70. The van der Waals surface area contributed by atoms with Crippen LogP contribution in [0.4, 0.5) is 0 Å². The van der Waals surface area contributed by atoms with Gasteiger partial charge in [-0.2, -0.15) is 5.10 Å². The largest absolute Gasteiger partial charge is 0.375 e. The molecule has 1 aromatic heterocycles. The predicted octanol–water partition coefficient (Wildman–Crippen LogP) is 1.87. The topological polar surface area (TPSA) is 50.4 Å². The number of nitrogens with zero attached hydrogens (tertiary/aromatic N) is 1. The third-order valence-corrected chi connectivity index (χ3v) is 3.13. The van der Waals surface area contributed by atoms with E-state index in [1.54, 1.807) is 11.3 Å². The first-order valence-electron chi connectivity index (χ1n) is 4.32. The fourth-order valence-corrected chi connectivity index (χ4v) is 1.89. The van der Waals surface area contributed by atoms with E-state index in [1.807, 2.05) is 6.92 Å². The lowest BCUT2D eigenvalue weighted by Gasteiger charge is -1.97. The van der Waals surface area contributed by atoms with Crippen molar-refractivity contribution < 1.29 is 0 Å². The molecular weight excluding hydrogens is 214 g/mol. The molecule has 0 spiro atoms. The van der Waals surface area contributed by atoms with Gasteiger partial charge in [-0.3, -0.25) is 5.43 Å². The normalized spacial score (nSPS) is 11.4. The number of hydrogen-bond donors (Lipinski definition) is 2. The second-order valence-corrected chi connectivity index (χ2v) is 4.40. The molecule has 1 aromatic rings. The van der Waals surface area contributed by atoms with E-state index >= 15 is 0 Å². The van der Waals surface area contributed by atoms with Crippen LogP contribution in [-0.4, -0.2) is 10.8 Å². The first-order valence-corrected chi connectivity index (χ1v) is 5.54. The zero-order valence-electron chi connectivity index (χ0n) is 8.20. The Morgan fingerprint density at radius 1 is 1.64 bits per heavy atom. The zero-order chi connectivity index (χ0) is 10.6. The fraction of sp³-hybridized carbons (Fsp3) is 0.333. The van der Waals surface area contributed by atoms with Gasteiger partial charge in [0.1, 0.15) is 0 Å². The smallest absolute Gasteiger partial charge is 0.184 e. The summed E-state index contributed by atoms with van der Waals surface area (Å²) in [6.45, 7) is 4.06. The van der Waals surface area contributed by atoms with Crippen LogP contribution in [-0.2, 0) is 6.42 Å². The van der Waals surface area contributed by atoms with Crippen LogP contribution in [0.15, 0.2) is 17.2 Å². The van der Waals surface area contributed by atoms with E-state index in [0.717, 1.165) is 17.0 Å². The molecular formula is C9H13N3S2. The number of thiophene rings is 1. The van der Waals surface area contributed by atoms with Crippen molar-refractivity contribution >= 4 is 34.4 Å². The number of thiocarbonyl (C=S) groups is 1. The predicted molar refractivity (Wildman–Crippen MR) is 65.8 cm³/mol. The highest BCUT2D eigenvalue weighted by molar-refractivity contribution is 7.80. The van der Waals surface area contributed by atoms with Crippen molar-refractivity contribution in [3.05, 3.63) is 21.9 Å². The van der Waals surface area contributed by atoms with E-state index in [2.05, 4.69) is 41.8 Å². The van der Waals surface area contributed by atoms with E-state index in [4.69, 9.17) is 5.73 Å². The number of hydrogen-bond acceptors (Lipinski definition) is 3. The maximum atomic E-state index is 5.27. The number of hydrazone groups is 1. The van der Waals surface area contributed by atoms with Gasteiger partial charge in [-0.15, -0.1) is 11.3 Å². The molecule has 0 saturated heterocycles. The molecule has 0 atom stereocenters. The average Bonchev–Trinajstić information content (AvgIpc) is 2.62. The molecule has 0 aliphatic carbocycles. The summed E-state index contributed by atoms with van der Waals surface area (Å²) in [5, 5.41) is 4.24. The van der Waals surface area contributed by atoms with E-state index in [9.17, 15) is 0 Å². The maximum absolute atomic E-state index is 5.27. The quantitative estimate of drug-likeness (QED) is 0.471. The molecule has 0 unspecified atom stereocenters. The van der Waals surface area contributed by atoms with Crippen molar-refractivity contribution in [2.75, 3.05) is 0 Å². The lowest BCUT2D eigenvalue weighted by molar-refractivity contribution is 1.03. The summed E-state index contributed by atoms with van der Waals surface area (Å²) in [7, 11) is 0. The molecule has 0 amide bonds. The van der Waals surface area contributed by atoms with Crippen LogP contribution in [0.5, 0.6) is 0 Å². The number of nitrogens with two attached hydrogens (primary N) is 1. The molecule has 14 heavy (non-hydrogen) atoms. The van der Waals surface area contributed by atoms with Crippen LogP contribution in [0.1, 0.15) is 23.6 Å². The summed E-state index contributed by atoms with van der Waals surface area (Å²) < 4.78 is 0. The highest BCUT2D eigenvalue weighted by Crippen LogP contribution is 2.17. The van der Waals surface area contributed by atoms with Gasteiger partial charge < -0.3 is 5.73 Å². The minimum Gasteiger partial charge on any atom is -0.375 e. The van der Waals surface area contributed by atoms with Crippen LogP contribution < -0.4 is 11.2 Å². The van der Waals surface area contributed by atoms with Crippen LogP contribution in [0.2, 0.25) is 0 Å². The summed E-state index contributed by atoms with van der Waals surface area (Å²) in [6.07, 6.45) is 1.06. The van der Waals surface area contributed by atoms with Crippen LogP contribution in [0.3, 0.4) is 0 Å². The van der Waals surface area contributed by atoms with Gasteiger partial charge in [-0.25, -0.2) is 0 Å². The lowest BCUT2D eigenvalue weighted by atomic mass is 10.3. The van der Waals surface area contributed by atoms with Gasteiger partial charge in [0.25, 0.3) is 0 Å². The Hall–Kier alpha value is -0.940. The first kappa shape index (κ1) is 11.1. The standard InChI is InChI=1S/C9H13N3S2/c1-3-7-4-5-8(14-7)6(2)11-12-9(10)13/h4-5H,3H2,1-2H3,(H3,10,12,13). The Morgan fingerprint density at radius 2 is 2.36 bits per heavy atom. The van der Waals surface area contributed by atoms with Crippen molar-refractivity contribution in [1.82, 2.24) is 5.43 Å². The Kier molecular flexibility index (Phi) is 4.03. The second-order valence-electron chi connectivity index (χ2n) is 2.79. The van der Waals surface area contributed by atoms with Crippen molar-refractivity contribution in [1.29, 1.82) is 0 Å². The van der Waals surface area contributed by atoms with E-state index in [0.29, 0.717) is 0 Å². The molecule has 3 N–H and O–H groups in total. The molecule has 0 aromatic carbocycles. The summed E-state index contributed by atoms with van der Waals surface area (Å²) in [5.41, 5.74) is 8.75. The number of nitrogens with one attached hydrogen (secondary N) is 1. The summed E-state index contributed by atoms with van der Waals surface area (Å²) >= 11 is 6.39. The third kappa shape index (κ3) is 3.08. The Bertz CT molecular complexity index is 355. The van der Waals surface area contributed by atoms with Gasteiger partial charge in [-0.1, -0.05) is 6.92 Å². The molecule has 0 saturated carbocycles. The second kappa shape index (κ2) is 5.07. The average molecular weight is 227 g/mol. The van der Waals surface area contributed by atoms with Gasteiger partial charge in [0.15, 0.2) is 5.11 Å². The molecule has 1 heterocycles. The molecule has 76 valence electrons. The zero-order valence-corrected chi connectivity index (χ0v) is 9.84. The Balaban J connectivity index is 2.73. The van der Waals surface area contributed by atoms with Crippen LogP contribution in [0.25, 0.3) is 0 Å². The molecule has 0 fully saturated rings. The highest BCUT2D eigenvalue weighted by Gasteiger charge is 2.01. The maximum Gasteiger partial charge on any atom is 0.184 e. The van der Waals surface area contributed by atoms with Gasteiger partial charge in [0.2, 0.25) is 0 Å². The monoisotopic (exact) mass is 227 g/mol. The van der Waals surface area contributed by atoms with Gasteiger partial charge in [-0.05, 0) is 37.7 Å². The van der Waals surface area contributed by atoms with Gasteiger partial charge in [0.05, 0.1) is 10.6 Å². The Morgan fingerprint density at radius 3 is 2.86 bits per heavy atom. The van der Waals surface area contributed by atoms with E-state index in [1.165, 1.54) is 4.88 Å². The minimum absolute atomic E-state index is 0.191. The first-order chi connectivity index (χ1) is 6.63. The summed E-state index contributed by atoms with van der Waals surface area (Å²) in [6, 6.07) is 4.17. The Labute approximate surface area is 93.0 Å². The van der Waals surface area contributed by atoms with Crippen molar-refractivity contribution in [3.8, 4) is 0 Å². The number of rotatable bonds is 3. The SMILES string of the molecule is CCc1ccc(C(C)=NNC(N)=S)s1. The molecule has 1 rings (SSSR count). The van der Waals surface area contributed by atoms with Crippen molar-refractivity contribution in [3.63, 3.8) is 0 Å². The summed E-state index contributed by atoms with van der Waals surface area (Å²) in [5.74, 6) is 0. The van der Waals surface area contributed by atoms with Gasteiger partial charge in [0, 0.05) is 4.88 Å². The summed E-state index contributed by atoms with van der Waals surface area (Å²) in [4.78, 5) is 2.50. The van der Waals surface area contributed by atoms with E-state index in [-0.39, 0.29) is 5.11 Å². The molecule has 0 aliphatic rings. The highest BCUT2D eigenvalue weighted by atomic mass is 32.1. The van der Waals surface area contributed by atoms with Crippen molar-refractivity contribution in [2.24, 2.45) is 10.8 Å². The van der Waals surface area contributed by atoms with Crippen LogP contribution >= 0.6 is 23.6 Å². The van der Waals surface area contributed by atoms with E-state index < -0.39 is 0 Å². The fourth-order valence-electron chi connectivity index (χ4n) is 0.956. The number of aryl methyl sites for hydroxylation is 1. The van der Waals surface area contributed by atoms with Gasteiger partial charge >= 0.3 is 0 Å².